The highest BCUT2D eigenvalue weighted by atomic mass is 32.2. The third-order valence-electron chi connectivity index (χ3n) is 4.50. The lowest BCUT2D eigenvalue weighted by Crippen LogP contribution is -2.46. The average molecular weight is 316 g/mol. The quantitative estimate of drug-likeness (QED) is 0.560. The van der Waals surface area contributed by atoms with Gasteiger partial charge >= 0.3 is 0 Å². The second kappa shape index (κ2) is 7.45. The first-order chi connectivity index (χ1) is 10.00. The summed E-state index contributed by atoms with van der Waals surface area (Å²) >= 11 is 0. The van der Waals surface area contributed by atoms with Gasteiger partial charge in [0.15, 0.2) is 15.8 Å². The van der Waals surface area contributed by atoms with E-state index in [4.69, 9.17) is 0 Å². The van der Waals surface area contributed by atoms with Crippen molar-refractivity contribution in [1.82, 2.24) is 15.5 Å². The molecule has 1 heterocycles. The molecule has 2 rings (SSSR count). The van der Waals surface area contributed by atoms with Gasteiger partial charge < -0.3 is 15.5 Å². The third-order valence-corrected chi connectivity index (χ3v) is 6.27. The molecule has 0 amide bonds. The summed E-state index contributed by atoms with van der Waals surface area (Å²) in [7, 11) is 1.05. The van der Waals surface area contributed by atoms with E-state index >= 15 is 0 Å². The minimum absolute atomic E-state index is 0.00578. The Bertz CT molecular complexity index is 458. The van der Waals surface area contributed by atoms with Gasteiger partial charge in [-0.2, -0.15) is 0 Å². The van der Waals surface area contributed by atoms with Crippen LogP contribution in [0.3, 0.4) is 0 Å². The van der Waals surface area contributed by atoms with Crippen LogP contribution in [-0.4, -0.2) is 70.1 Å². The summed E-state index contributed by atoms with van der Waals surface area (Å²) in [6, 6.07) is 0.718. The van der Waals surface area contributed by atoms with E-state index in [-0.39, 0.29) is 17.5 Å². The zero-order valence-electron chi connectivity index (χ0n) is 13.1. The maximum Gasteiger partial charge on any atom is 0.191 e. The van der Waals surface area contributed by atoms with Gasteiger partial charge in [-0.15, -0.1) is 0 Å². The molecular weight excluding hydrogens is 288 g/mol. The van der Waals surface area contributed by atoms with E-state index in [1.54, 1.807) is 7.05 Å². The van der Waals surface area contributed by atoms with Crippen molar-refractivity contribution in [2.75, 3.05) is 38.7 Å². The van der Waals surface area contributed by atoms with Gasteiger partial charge in [-0.25, -0.2) is 8.42 Å². The SMILES string of the molecule is CN=C(NCCN(C)C1CCCC1)NC1CCS(=O)(=O)C1. The van der Waals surface area contributed by atoms with Crippen molar-refractivity contribution in [3.63, 3.8) is 0 Å². The summed E-state index contributed by atoms with van der Waals surface area (Å²) in [6.45, 7) is 1.81. The molecule has 1 aliphatic carbocycles. The topological polar surface area (TPSA) is 73.8 Å². The van der Waals surface area contributed by atoms with E-state index in [2.05, 4.69) is 27.6 Å². The van der Waals surface area contributed by atoms with Gasteiger partial charge in [0.1, 0.15) is 0 Å². The summed E-state index contributed by atoms with van der Waals surface area (Å²) in [4.78, 5) is 6.58. The lowest BCUT2D eigenvalue weighted by molar-refractivity contribution is 0.249. The summed E-state index contributed by atoms with van der Waals surface area (Å²) in [5.41, 5.74) is 0. The molecule has 0 spiro atoms. The number of likely N-dealkylation sites (N-methyl/N-ethyl adjacent to an activating group) is 1. The van der Waals surface area contributed by atoms with Crippen LogP contribution >= 0.6 is 0 Å². The predicted molar refractivity (Wildman–Crippen MR) is 86.4 cm³/mol. The van der Waals surface area contributed by atoms with Gasteiger partial charge in [0.25, 0.3) is 0 Å². The van der Waals surface area contributed by atoms with Gasteiger partial charge in [-0.05, 0) is 26.3 Å². The number of hydrogen-bond acceptors (Lipinski definition) is 4. The van der Waals surface area contributed by atoms with Crippen LogP contribution in [0.25, 0.3) is 0 Å². The van der Waals surface area contributed by atoms with Crippen molar-refractivity contribution >= 4 is 15.8 Å². The summed E-state index contributed by atoms with van der Waals surface area (Å²) in [6.07, 6.45) is 5.99. The van der Waals surface area contributed by atoms with E-state index in [1.165, 1.54) is 25.7 Å². The molecule has 0 radical (unpaired) electrons. The van der Waals surface area contributed by atoms with Crippen molar-refractivity contribution in [2.45, 2.75) is 44.2 Å². The molecule has 2 aliphatic rings. The molecule has 7 heteroatoms. The number of nitrogens with one attached hydrogen (secondary N) is 2. The van der Waals surface area contributed by atoms with Crippen LogP contribution in [0.1, 0.15) is 32.1 Å². The maximum atomic E-state index is 11.5. The average Bonchev–Trinajstić information content (AvgIpc) is 3.07. The van der Waals surface area contributed by atoms with Crippen LogP contribution in [0.15, 0.2) is 4.99 Å². The lowest BCUT2D eigenvalue weighted by atomic mass is 10.2. The van der Waals surface area contributed by atoms with Gasteiger partial charge in [-0.1, -0.05) is 12.8 Å². The second-order valence-corrected chi connectivity index (χ2v) is 8.39. The molecule has 2 N–H and O–H groups in total. The minimum Gasteiger partial charge on any atom is -0.355 e. The Labute approximate surface area is 128 Å². The smallest absolute Gasteiger partial charge is 0.191 e. The van der Waals surface area contributed by atoms with Crippen LogP contribution < -0.4 is 10.6 Å². The normalized spacial score (nSPS) is 26.4. The fraction of sp³-hybridized carbons (Fsp3) is 0.929. The molecule has 21 heavy (non-hydrogen) atoms. The van der Waals surface area contributed by atoms with Crippen LogP contribution in [0, 0.1) is 0 Å². The summed E-state index contributed by atoms with van der Waals surface area (Å²) in [5.74, 6) is 1.21. The Balaban J connectivity index is 1.68. The Morgan fingerprint density at radius 1 is 1.29 bits per heavy atom. The number of aliphatic imine (C=N–C) groups is 1. The van der Waals surface area contributed by atoms with Crippen molar-refractivity contribution in [3.8, 4) is 0 Å². The third kappa shape index (κ3) is 5.14. The molecule has 0 aromatic heterocycles. The van der Waals surface area contributed by atoms with Crippen molar-refractivity contribution in [2.24, 2.45) is 4.99 Å². The number of guanidine groups is 1. The van der Waals surface area contributed by atoms with Crippen LogP contribution in [0.5, 0.6) is 0 Å². The molecule has 2 fully saturated rings. The summed E-state index contributed by atoms with van der Waals surface area (Å²) in [5, 5.41) is 6.49. The van der Waals surface area contributed by atoms with Crippen LogP contribution in [0.2, 0.25) is 0 Å². The van der Waals surface area contributed by atoms with Crippen molar-refractivity contribution in [3.05, 3.63) is 0 Å². The highest BCUT2D eigenvalue weighted by Crippen LogP contribution is 2.21. The molecule has 1 atom stereocenters. The highest BCUT2D eigenvalue weighted by Gasteiger charge is 2.28. The Morgan fingerprint density at radius 3 is 2.57 bits per heavy atom. The van der Waals surface area contributed by atoms with Crippen LogP contribution in [0.4, 0.5) is 0 Å². The maximum absolute atomic E-state index is 11.5. The molecule has 0 bridgehead atoms. The molecule has 1 aliphatic heterocycles. The lowest BCUT2D eigenvalue weighted by Gasteiger charge is -2.24. The molecule has 0 aromatic carbocycles. The monoisotopic (exact) mass is 316 g/mol. The van der Waals surface area contributed by atoms with Crippen molar-refractivity contribution < 1.29 is 8.42 Å². The number of nitrogens with zero attached hydrogens (tertiary/aromatic N) is 2. The zero-order valence-corrected chi connectivity index (χ0v) is 14.0. The first kappa shape index (κ1) is 16.5. The van der Waals surface area contributed by atoms with E-state index < -0.39 is 9.84 Å². The number of hydrogen-bond donors (Lipinski definition) is 2. The molecule has 0 aromatic rings. The summed E-state index contributed by atoms with van der Waals surface area (Å²) < 4.78 is 22.9. The molecule has 122 valence electrons. The van der Waals surface area contributed by atoms with Crippen molar-refractivity contribution in [1.29, 1.82) is 0 Å². The van der Waals surface area contributed by atoms with E-state index in [0.717, 1.165) is 19.1 Å². The standard InChI is InChI=1S/C14H28N4O2S/c1-15-14(17-12-7-10-21(19,20)11-12)16-8-9-18(2)13-5-3-4-6-13/h12-13H,3-11H2,1-2H3,(H2,15,16,17). The second-order valence-electron chi connectivity index (χ2n) is 6.16. The van der Waals surface area contributed by atoms with E-state index in [0.29, 0.717) is 12.4 Å². The Kier molecular flexibility index (Phi) is 5.87. The predicted octanol–water partition coefficient (Wildman–Crippen LogP) is 0.213. The first-order valence-corrected chi connectivity index (χ1v) is 9.70. The minimum atomic E-state index is -2.85. The molecule has 1 saturated heterocycles. The molecule has 1 saturated carbocycles. The zero-order chi connectivity index (χ0) is 15.3. The number of rotatable bonds is 5. The fourth-order valence-corrected chi connectivity index (χ4v) is 4.85. The molecule has 1 unspecified atom stereocenters. The van der Waals surface area contributed by atoms with Crippen LogP contribution in [-0.2, 0) is 9.84 Å². The van der Waals surface area contributed by atoms with Gasteiger partial charge in [0, 0.05) is 32.2 Å². The molecule has 6 nitrogen and oxygen atoms in total. The van der Waals surface area contributed by atoms with Gasteiger partial charge in [-0.3, -0.25) is 4.99 Å². The highest BCUT2D eigenvalue weighted by molar-refractivity contribution is 7.91. The first-order valence-electron chi connectivity index (χ1n) is 7.88. The van der Waals surface area contributed by atoms with E-state index in [1.807, 2.05) is 0 Å². The number of sulfone groups is 1. The van der Waals surface area contributed by atoms with Gasteiger partial charge in [0.05, 0.1) is 11.5 Å². The fourth-order valence-electron chi connectivity index (χ4n) is 3.18. The Hall–Kier alpha value is -0.820. The van der Waals surface area contributed by atoms with Gasteiger partial charge in [0.2, 0.25) is 0 Å². The molecular formula is C14H28N4O2S. The van der Waals surface area contributed by atoms with E-state index in [9.17, 15) is 8.42 Å². The largest absolute Gasteiger partial charge is 0.355 e. The Morgan fingerprint density at radius 2 is 2.00 bits per heavy atom.